The van der Waals surface area contributed by atoms with Crippen LogP contribution in [0.5, 0.6) is 0 Å². The average molecular weight is 324 g/mol. The van der Waals surface area contributed by atoms with Gasteiger partial charge in [0.05, 0.1) is 11.9 Å². The van der Waals surface area contributed by atoms with Crippen LogP contribution in [-0.4, -0.2) is 22.2 Å². The molecular formula is C18H17FN4O. The molecule has 1 heterocycles. The van der Waals surface area contributed by atoms with Gasteiger partial charge in [0, 0.05) is 6.54 Å². The zero-order chi connectivity index (χ0) is 16.9. The number of aromatic nitrogens is 2. The Labute approximate surface area is 138 Å². The first kappa shape index (κ1) is 15.7. The summed E-state index contributed by atoms with van der Waals surface area (Å²) in [7, 11) is 0. The molecular weight excluding hydrogens is 307 g/mol. The summed E-state index contributed by atoms with van der Waals surface area (Å²) in [6, 6.07) is 15.6. The maximum atomic E-state index is 13.0. The van der Waals surface area contributed by atoms with Crippen LogP contribution in [-0.2, 0) is 6.42 Å². The average Bonchev–Trinajstić information content (AvgIpc) is 2.98. The molecule has 0 unspecified atom stereocenters. The maximum absolute atomic E-state index is 13.0. The molecule has 0 atom stereocenters. The van der Waals surface area contributed by atoms with Gasteiger partial charge in [-0.3, -0.25) is 4.79 Å². The number of hydrogen-bond acceptors (Lipinski definition) is 3. The van der Waals surface area contributed by atoms with Crippen LogP contribution in [0.25, 0.3) is 5.69 Å². The van der Waals surface area contributed by atoms with Gasteiger partial charge in [0.1, 0.15) is 17.2 Å². The van der Waals surface area contributed by atoms with Crippen LogP contribution in [0.3, 0.4) is 0 Å². The minimum atomic E-state index is -0.344. The monoisotopic (exact) mass is 324 g/mol. The standard InChI is InChI=1S/C18H17FN4O/c19-14-6-8-15(9-7-14)23-17(20)16(12-22-23)18(24)21-11-10-13-4-2-1-3-5-13/h1-9,12H,10-11,20H2,(H,21,24). The fourth-order valence-electron chi connectivity index (χ4n) is 2.38. The van der Waals surface area contributed by atoms with Crippen LogP contribution in [0.1, 0.15) is 15.9 Å². The summed E-state index contributed by atoms with van der Waals surface area (Å²) in [5.74, 6) is -0.404. The minimum absolute atomic E-state index is 0.221. The van der Waals surface area contributed by atoms with Crippen molar-refractivity contribution in [2.75, 3.05) is 12.3 Å². The molecule has 0 fully saturated rings. The van der Waals surface area contributed by atoms with Crippen LogP contribution >= 0.6 is 0 Å². The molecule has 0 saturated heterocycles. The van der Waals surface area contributed by atoms with Gasteiger partial charge in [-0.2, -0.15) is 5.10 Å². The highest BCUT2D eigenvalue weighted by Gasteiger charge is 2.15. The maximum Gasteiger partial charge on any atom is 0.256 e. The summed E-state index contributed by atoms with van der Waals surface area (Å²) in [6.45, 7) is 0.504. The SMILES string of the molecule is Nc1c(C(=O)NCCc2ccccc2)cnn1-c1ccc(F)cc1. The Morgan fingerprint density at radius 2 is 1.83 bits per heavy atom. The van der Waals surface area contributed by atoms with Gasteiger partial charge in [0.25, 0.3) is 5.91 Å². The first-order valence-corrected chi connectivity index (χ1v) is 7.57. The number of benzene rings is 2. The van der Waals surface area contributed by atoms with Crippen molar-refractivity contribution in [3.05, 3.63) is 77.7 Å². The normalized spacial score (nSPS) is 10.5. The van der Waals surface area contributed by atoms with Gasteiger partial charge in [0.15, 0.2) is 0 Å². The van der Waals surface area contributed by atoms with Crippen LogP contribution in [0.15, 0.2) is 60.8 Å². The van der Waals surface area contributed by atoms with E-state index >= 15 is 0 Å². The molecule has 0 spiro atoms. The van der Waals surface area contributed by atoms with Gasteiger partial charge >= 0.3 is 0 Å². The third kappa shape index (κ3) is 3.43. The van der Waals surface area contributed by atoms with E-state index < -0.39 is 0 Å². The molecule has 0 aliphatic rings. The van der Waals surface area contributed by atoms with E-state index in [0.717, 1.165) is 12.0 Å². The Morgan fingerprint density at radius 3 is 2.54 bits per heavy atom. The lowest BCUT2D eigenvalue weighted by molar-refractivity contribution is 0.0955. The molecule has 0 aliphatic carbocycles. The fraction of sp³-hybridized carbons (Fsp3) is 0.111. The molecule has 6 heteroatoms. The quantitative estimate of drug-likeness (QED) is 0.757. The van der Waals surface area contributed by atoms with Crippen molar-refractivity contribution in [2.45, 2.75) is 6.42 Å². The van der Waals surface area contributed by atoms with Crippen molar-refractivity contribution in [1.29, 1.82) is 0 Å². The van der Waals surface area contributed by atoms with Crippen molar-refractivity contribution in [3.8, 4) is 5.69 Å². The second-order valence-corrected chi connectivity index (χ2v) is 5.32. The van der Waals surface area contributed by atoms with Gasteiger partial charge in [-0.05, 0) is 36.2 Å². The van der Waals surface area contributed by atoms with Gasteiger partial charge in [-0.1, -0.05) is 30.3 Å². The number of halogens is 1. The number of nitrogens with one attached hydrogen (secondary N) is 1. The largest absolute Gasteiger partial charge is 0.383 e. The minimum Gasteiger partial charge on any atom is -0.383 e. The molecule has 5 nitrogen and oxygen atoms in total. The molecule has 122 valence electrons. The van der Waals surface area contributed by atoms with E-state index in [4.69, 9.17) is 5.73 Å². The van der Waals surface area contributed by atoms with Gasteiger partial charge in [0.2, 0.25) is 0 Å². The number of rotatable bonds is 5. The molecule has 1 aromatic heterocycles. The molecule has 0 radical (unpaired) electrons. The van der Waals surface area contributed by atoms with E-state index in [2.05, 4.69) is 10.4 Å². The number of carbonyl (C=O) groups excluding carboxylic acids is 1. The van der Waals surface area contributed by atoms with E-state index in [1.54, 1.807) is 12.1 Å². The van der Waals surface area contributed by atoms with E-state index in [9.17, 15) is 9.18 Å². The molecule has 3 N–H and O–H groups in total. The second kappa shape index (κ2) is 6.95. The van der Waals surface area contributed by atoms with E-state index in [1.165, 1.54) is 23.0 Å². The summed E-state index contributed by atoms with van der Waals surface area (Å²) >= 11 is 0. The zero-order valence-corrected chi connectivity index (χ0v) is 12.9. The van der Waals surface area contributed by atoms with Crippen molar-refractivity contribution >= 4 is 11.7 Å². The van der Waals surface area contributed by atoms with Crippen LogP contribution in [0.4, 0.5) is 10.2 Å². The van der Waals surface area contributed by atoms with Crippen LogP contribution < -0.4 is 11.1 Å². The van der Waals surface area contributed by atoms with E-state index in [1.807, 2.05) is 30.3 Å². The van der Waals surface area contributed by atoms with Gasteiger partial charge < -0.3 is 11.1 Å². The Morgan fingerprint density at radius 1 is 1.12 bits per heavy atom. The number of nitrogen functional groups attached to an aromatic ring is 1. The summed E-state index contributed by atoms with van der Waals surface area (Å²) in [5.41, 5.74) is 8.04. The number of carbonyl (C=O) groups is 1. The Bertz CT molecular complexity index is 828. The predicted molar refractivity (Wildman–Crippen MR) is 90.4 cm³/mol. The molecule has 3 rings (SSSR count). The topological polar surface area (TPSA) is 72.9 Å². The van der Waals surface area contributed by atoms with Crippen LogP contribution in [0.2, 0.25) is 0 Å². The Kier molecular flexibility index (Phi) is 4.56. The fourth-order valence-corrected chi connectivity index (χ4v) is 2.38. The predicted octanol–water partition coefficient (Wildman–Crippen LogP) is 2.57. The third-order valence-corrected chi connectivity index (χ3v) is 3.66. The molecule has 0 aliphatic heterocycles. The summed E-state index contributed by atoms with van der Waals surface area (Å²) in [5, 5.41) is 6.94. The Balaban J connectivity index is 1.66. The lowest BCUT2D eigenvalue weighted by Gasteiger charge is -2.06. The summed E-state index contributed by atoms with van der Waals surface area (Å²) < 4.78 is 14.4. The molecule has 1 amide bonds. The first-order chi connectivity index (χ1) is 11.6. The van der Waals surface area contributed by atoms with Gasteiger partial charge in [-0.15, -0.1) is 0 Å². The lowest BCUT2D eigenvalue weighted by atomic mass is 10.1. The van der Waals surface area contributed by atoms with Crippen molar-refractivity contribution in [2.24, 2.45) is 0 Å². The lowest BCUT2D eigenvalue weighted by Crippen LogP contribution is -2.26. The molecule has 24 heavy (non-hydrogen) atoms. The smallest absolute Gasteiger partial charge is 0.256 e. The second-order valence-electron chi connectivity index (χ2n) is 5.32. The molecule has 0 bridgehead atoms. The number of anilines is 1. The number of nitrogens with zero attached hydrogens (tertiary/aromatic N) is 2. The highest BCUT2D eigenvalue weighted by Crippen LogP contribution is 2.17. The highest BCUT2D eigenvalue weighted by molar-refractivity contribution is 5.98. The van der Waals surface area contributed by atoms with E-state index in [-0.39, 0.29) is 17.5 Å². The third-order valence-electron chi connectivity index (χ3n) is 3.66. The van der Waals surface area contributed by atoms with Crippen molar-refractivity contribution in [1.82, 2.24) is 15.1 Å². The number of nitrogens with two attached hydrogens (primary N) is 1. The van der Waals surface area contributed by atoms with Crippen LogP contribution in [0, 0.1) is 5.82 Å². The molecule has 2 aromatic carbocycles. The van der Waals surface area contributed by atoms with Crippen molar-refractivity contribution < 1.29 is 9.18 Å². The van der Waals surface area contributed by atoms with Gasteiger partial charge in [-0.25, -0.2) is 9.07 Å². The first-order valence-electron chi connectivity index (χ1n) is 7.57. The Hall–Kier alpha value is -3.15. The van der Waals surface area contributed by atoms with Crippen molar-refractivity contribution in [3.63, 3.8) is 0 Å². The van der Waals surface area contributed by atoms with E-state index in [0.29, 0.717) is 17.8 Å². The summed E-state index contributed by atoms with van der Waals surface area (Å²) in [6.07, 6.45) is 2.15. The number of hydrogen-bond donors (Lipinski definition) is 2. The summed E-state index contributed by atoms with van der Waals surface area (Å²) in [4.78, 5) is 12.3. The molecule has 0 saturated carbocycles. The highest BCUT2D eigenvalue weighted by atomic mass is 19.1. The zero-order valence-electron chi connectivity index (χ0n) is 12.9. The number of amides is 1. The molecule has 3 aromatic rings.